The predicted octanol–water partition coefficient (Wildman–Crippen LogP) is 5.72. The smallest absolute Gasteiger partial charge is 0.244 e. The molecule has 0 radical (unpaired) electrons. The van der Waals surface area contributed by atoms with Crippen LogP contribution in [0.25, 0.3) is 17.4 Å². The quantitative estimate of drug-likeness (QED) is 0.706. The van der Waals surface area contributed by atoms with Gasteiger partial charge in [-0.25, -0.2) is 0 Å². The number of carbonyl (C=O) groups is 1. The number of hydrogen-bond donors (Lipinski definition) is 1. The molecule has 1 aliphatic rings. The molecule has 1 fully saturated rings. The topological polar surface area (TPSA) is 42.2 Å². The molecule has 1 aromatic heterocycles. The molecule has 3 nitrogen and oxygen atoms in total. The standard InChI is InChI=1S/C19H19Cl2NO2/c20-13-6-9-16(17(21)12-13)18-10-7-15(24-18)8-11-19(23)22-14-4-2-1-3-5-14/h6-12,14H,1-5H2,(H,22,23)/b11-8+. The Kier molecular flexibility index (Phi) is 5.64. The van der Waals surface area contributed by atoms with Crippen molar-refractivity contribution in [2.75, 3.05) is 0 Å². The van der Waals surface area contributed by atoms with Gasteiger partial charge in [-0.1, -0.05) is 42.5 Å². The van der Waals surface area contributed by atoms with E-state index in [-0.39, 0.29) is 5.91 Å². The zero-order chi connectivity index (χ0) is 16.9. The van der Waals surface area contributed by atoms with Crippen molar-refractivity contribution in [1.82, 2.24) is 5.32 Å². The fraction of sp³-hybridized carbons (Fsp3) is 0.316. The third kappa shape index (κ3) is 4.43. The third-order valence-electron chi connectivity index (χ3n) is 4.17. The van der Waals surface area contributed by atoms with Crippen molar-refractivity contribution in [1.29, 1.82) is 0 Å². The van der Waals surface area contributed by atoms with Crippen LogP contribution in [0, 0.1) is 0 Å². The first-order valence-electron chi connectivity index (χ1n) is 8.15. The summed E-state index contributed by atoms with van der Waals surface area (Å²) in [6.45, 7) is 0. The van der Waals surface area contributed by atoms with E-state index in [4.69, 9.17) is 27.6 Å². The van der Waals surface area contributed by atoms with E-state index >= 15 is 0 Å². The number of benzene rings is 1. The monoisotopic (exact) mass is 363 g/mol. The Labute approximate surface area is 151 Å². The maximum atomic E-state index is 12.0. The van der Waals surface area contributed by atoms with Gasteiger partial charge in [0.1, 0.15) is 11.5 Å². The molecule has 1 N–H and O–H groups in total. The SMILES string of the molecule is O=C(/C=C/c1ccc(-c2ccc(Cl)cc2Cl)o1)NC1CCCCC1. The number of hydrogen-bond acceptors (Lipinski definition) is 2. The van der Waals surface area contributed by atoms with Gasteiger partial charge in [0.2, 0.25) is 5.91 Å². The van der Waals surface area contributed by atoms with Gasteiger partial charge in [-0.05, 0) is 49.2 Å². The van der Waals surface area contributed by atoms with E-state index in [1.165, 1.54) is 25.3 Å². The van der Waals surface area contributed by atoms with Crippen LogP contribution in [0.1, 0.15) is 37.9 Å². The van der Waals surface area contributed by atoms with Crippen molar-refractivity contribution in [2.24, 2.45) is 0 Å². The van der Waals surface area contributed by atoms with Crippen LogP contribution in [0.15, 0.2) is 40.8 Å². The Hall–Kier alpha value is -1.71. The number of rotatable bonds is 4. The first-order valence-corrected chi connectivity index (χ1v) is 8.91. The lowest BCUT2D eigenvalue weighted by atomic mass is 9.95. The van der Waals surface area contributed by atoms with Gasteiger partial charge < -0.3 is 9.73 Å². The number of nitrogens with one attached hydrogen (secondary N) is 1. The Morgan fingerprint density at radius 3 is 2.67 bits per heavy atom. The van der Waals surface area contributed by atoms with Gasteiger partial charge in [0.05, 0.1) is 5.02 Å². The first-order chi connectivity index (χ1) is 11.6. The van der Waals surface area contributed by atoms with Gasteiger partial charge in [-0.2, -0.15) is 0 Å². The zero-order valence-electron chi connectivity index (χ0n) is 13.2. The molecule has 5 heteroatoms. The van der Waals surface area contributed by atoms with Crippen LogP contribution in [0.2, 0.25) is 10.0 Å². The van der Waals surface area contributed by atoms with Crippen LogP contribution in [-0.2, 0) is 4.79 Å². The fourth-order valence-electron chi connectivity index (χ4n) is 2.93. The summed E-state index contributed by atoms with van der Waals surface area (Å²) >= 11 is 12.1. The summed E-state index contributed by atoms with van der Waals surface area (Å²) in [6.07, 6.45) is 8.98. The molecular weight excluding hydrogens is 345 g/mol. The average molecular weight is 364 g/mol. The van der Waals surface area contributed by atoms with Crippen LogP contribution < -0.4 is 5.32 Å². The van der Waals surface area contributed by atoms with Gasteiger partial charge >= 0.3 is 0 Å². The van der Waals surface area contributed by atoms with Gasteiger partial charge in [0.15, 0.2) is 0 Å². The highest BCUT2D eigenvalue weighted by atomic mass is 35.5. The van der Waals surface area contributed by atoms with Crippen molar-refractivity contribution >= 4 is 35.2 Å². The number of furan rings is 1. The summed E-state index contributed by atoms with van der Waals surface area (Å²) in [6, 6.07) is 9.19. The van der Waals surface area contributed by atoms with E-state index in [1.54, 1.807) is 18.2 Å². The molecule has 0 saturated heterocycles. The van der Waals surface area contributed by atoms with Gasteiger partial charge in [0.25, 0.3) is 0 Å². The minimum atomic E-state index is -0.0793. The zero-order valence-corrected chi connectivity index (χ0v) is 14.7. The summed E-state index contributed by atoms with van der Waals surface area (Å²) in [7, 11) is 0. The van der Waals surface area contributed by atoms with Crippen LogP contribution in [0.4, 0.5) is 0 Å². The summed E-state index contributed by atoms with van der Waals surface area (Å²) in [5.41, 5.74) is 0.771. The lowest BCUT2D eigenvalue weighted by Gasteiger charge is -2.21. The van der Waals surface area contributed by atoms with Crippen LogP contribution in [-0.4, -0.2) is 11.9 Å². The average Bonchev–Trinajstić information content (AvgIpc) is 3.02. The molecule has 1 heterocycles. The van der Waals surface area contributed by atoms with Crippen molar-refractivity contribution < 1.29 is 9.21 Å². The van der Waals surface area contributed by atoms with E-state index in [2.05, 4.69) is 5.32 Å². The van der Waals surface area contributed by atoms with Crippen LogP contribution >= 0.6 is 23.2 Å². The summed E-state index contributed by atoms with van der Waals surface area (Å²) in [5.74, 6) is 1.17. The van der Waals surface area contributed by atoms with Crippen molar-refractivity contribution in [2.45, 2.75) is 38.1 Å². The Balaban J connectivity index is 1.63. The second kappa shape index (κ2) is 7.91. The first kappa shape index (κ1) is 17.1. The molecule has 1 aliphatic carbocycles. The maximum absolute atomic E-state index is 12.0. The highest BCUT2D eigenvalue weighted by Gasteiger charge is 2.14. The lowest BCUT2D eigenvalue weighted by Crippen LogP contribution is -2.34. The minimum absolute atomic E-state index is 0.0793. The van der Waals surface area contributed by atoms with Crippen LogP contribution in [0.5, 0.6) is 0 Å². The van der Waals surface area contributed by atoms with E-state index in [1.807, 2.05) is 18.2 Å². The van der Waals surface area contributed by atoms with E-state index < -0.39 is 0 Å². The molecule has 1 aromatic carbocycles. The predicted molar refractivity (Wildman–Crippen MR) is 98.2 cm³/mol. The van der Waals surface area contributed by atoms with E-state index in [9.17, 15) is 4.79 Å². The van der Waals surface area contributed by atoms with E-state index in [0.717, 1.165) is 18.4 Å². The molecule has 0 spiro atoms. The summed E-state index contributed by atoms with van der Waals surface area (Å²) in [4.78, 5) is 12.0. The summed E-state index contributed by atoms with van der Waals surface area (Å²) < 4.78 is 5.74. The van der Waals surface area contributed by atoms with Crippen molar-refractivity contribution in [3.05, 3.63) is 52.2 Å². The minimum Gasteiger partial charge on any atom is -0.457 e. The van der Waals surface area contributed by atoms with Gasteiger partial charge in [-0.15, -0.1) is 0 Å². The second-order valence-corrected chi connectivity index (χ2v) is 6.85. The molecule has 3 rings (SSSR count). The fourth-order valence-corrected chi connectivity index (χ4v) is 3.43. The Morgan fingerprint density at radius 1 is 1.12 bits per heavy atom. The second-order valence-electron chi connectivity index (χ2n) is 6.00. The molecule has 0 atom stereocenters. The highest BCUT2D eigenvalue weighted by molar-refractivity contribution is 6.36. The largest absolute Gasteiger partial charge is 0.457 e. The molecule has 0 bridgehead atoms. The number of amides is 1. The molecule has 24 heavy (non-hydrogen) atoms. The molecule has 1 saturated carbocycles. The Morgan fingerprint density at radius 2 is 1.92 bits per heavy atom. The van der Waals surface area contributed by atoms with Gasteiger partial charge in [-0.3, -0.25) is 4.79 Å². The lowest BCUT2D eigenvalue weighted by molar-refractivity contribution is -0.117. The molecular formula is C19H19Cl2NO2. The number of carbonyl (C=O) groups excluding carboxylic acids is 1. The third-order valence-corrected chi connectivity index (χ3v) is 4.72. The molecule has 2 aromatic rings. The maximum Gasteiger partial charge on any atom is 0.244 e. The van der Waals surface area contributed by atoms with Crippen LogP contribution in [0.3, 0.4) is 0 Å². The Bertz CT molecular complexity index is 746. The normalized spacial score (nSPS) is 15.8. The van der Waals surface area contributed by atoms with Gasteiger partial charge in [0, 0.05) is 22.7 Å². The van der Waals surface area contributed by atoms with Crippen molar-refractivity contribution in [3.63, 3.8) is 0 Å². The number of halogens is 2. The summed E-state index contributed by atoms with van der Waals surface area (Å²) in [5, 5.41) is 4.15. The van der Waals surface area contributed by atoms with Crippen molar-refractivity contribution in [3.8, 4) is 11.3 Å². The van der Waals surface area contributed by atoms with E-state index in [0.29, 0.717) is 27.6 Å². The molecule has 1 amide bonds. The molecule has 0 unspecified atom stereocenters. The molecule has 126 valence electrons. The molecule has 0 aliphatic heterocycles. The highest BCUT2D eigenvalue weighted by Crippen LogP contribution is 2.31.